The lowest BCUT2D eigenvalue weighted by Gasteiger charge is -2.39. The molecule has 7 nitrogen and oxygen atoms in total. The van der Waals surface area contributed by atoms with Gasteiger partial charge in [-0.2, -0.15) is 0 Å². The molecule has 2 rings (SSSR count). The molecule has 0 spiro atoms. The van der Waals surface area contributed by atoms with Gasteiger partial charge in [-0.05, 0) is 32.6 Å². The van der Waals surface area contributed by atoms with E-state index in [2.05, 4.69) is 4.94 Å². The van der Waals surface area contributed by atoms with Crippen LogP contribution in [0.1, 0.15) is 39.0 Å². The zero-order valence-corrected chi connectivity index (χ0v) is 12.2. The molecule has 2 fully saturated rings. The predicted molar refractivity (Wildman–Crippen MR) is 66.3 cm³/mol. The Morgan fingerprint density at radius 1 is 1.43 bits per heavy atom. The minimum Gasteiger partial charge on any atom is -0.388 e. The van der Waals surface area contributed by atoms with E-state index in [9.17, 15) is 14.4 Å². The van der Waals surface area contributed by atoms with Crippen LogP contribution in [0.25, 0.3) is 0 Å². The highest BCUT2D eigenvalue weighted by atomic mass is 19.3. The van der Waals surface area contributed by atoms with E-state index in [0.29, 0.717) is 32.1 Å². The number of carbonyl (C=O) groups excluding carboxylic acids is 1. The number of aliphatic hydroxyl groups is 1. The van der Waals surface area contributed by atoms with E-state index >= 15 is 0 Å². The van der Waals surface area contributed by atoms with Crippen LogP contribution in [0.4, 0.5) is 4.53 Å². The van der Waals surface area contributed by atoms with Crippen molar-refractivity contribution in [3.05, 3.63) is 0 Å². The molecule has 2 aliphatic rings. The molecule has 0 aromatic rings. The summed E-state index contributed by atoms with van der Waals surface area (Å²) >= 11 is 0. The van der Waals surface area contributed by atoms with Gasteiger partial charge < -0.3 is 19.3 Å². The Morgan fingerprint density at radius 2 is 2.14 bits per heavy atom. The third kappa shape index (κ3) is 3.35. The van der Waals surface area contributed by atoms with E-state index in [0.717, 1.165) is 0 Å². The third-order valence-electron chi connectivity index (χ3n) is 3.66. The highest BCUT2D eigenvalue weighted by molar-refractivity contribution is 5.75. The zero-order valence-electron chi connectivity index (χ0n) is 12.2. The van der Waals surface area contributed by atoms with Crippen LogP contribution in [-0.4, -0.2) is 48.8 Å². The van der Waals surface area contributed by atoms with E-state index in [4.69, 9.17) is 18.9 Å². The average Bonchev–Trinajstić information content (AvgIpc) is 3.21. The lowest BCUT2D eigenvalue weighted by atomic mass is 10.2. The van der Waals surface area contributed by atoms with E-state index in [-0.39, 0.29) is 12.7 Å². The number of aliphatic hydroxyl groups excluding tert-OH is 1. The Balaban J connectivity index is 2.25. The minimum absolute atomic E-state index is 0.0255. The smallest absolute Gasteiger partial charge is 0.388 e. The van der Waals surface area contributed by atoms with Gasteiger partial charge >= 0.3 is 11.9 Å². The molecule has 0 saturated heterocycles. The first kappa shape index (κ1) is 16.6. The Bertz CT molecular complexity index is 376. The predicted octanol–water partition coefficient (Wildman–Crippen LogP) is 1.19. The molecule has 3 unspecified atom stereocenters. The van der Waals surface area contributed by atoms with E-state index in [1.165, 1.54) is 7.11 Å². The summed E-state index contributed by atoms with van der Waals surface area (Å²) in [5.41, 5.74) is 0. The van der Waals surface area contributed by atoms with Crippen LogP contribution < -0.4 is 0 Å². The molecule has 2 aliphatic carbocycles. The maximum Gasteiger partial charge on any atom is 0.438 e. The Morgan fingerprint density at radius 3 is 2.57 bits per heavy atom. The first-order chi connectivity index (χ1) is 10.0. The zero-order chi connectivity index (χ0) is 15.5. The fourth-order valence-electron chi connectivity index (χ4n) is 2.43. The fraction of sp³-hybridized carbons (Fsp3) is 0.923. The largest absolute Gasteiger partial charge is 0.438 e. The lowest BCUT2D eigenvalue weighted by molar-refractivity contribution is -0.444. The maximum absolute atomic E-state index is 12.5. The van der Waals surface area contributed by atoms with Crippen LogP contribution in [0, 0.1) is 0 Å². The minimum atomic E-state index is -2.37. The molecule has 2 saturated carbocycles. The number of halogens is 1. The van der Waals surface area contributed by atoms with Crippen LogP contribution in [0.5, 0.6) is 0 Å². The van der Waals surface area contributed by atoms with Crippen molar-refractivity contribution in [1.29, 1.82) is 0 Å². The Labute approximate surface area is 122 Å². The van der Waals surface area contributed by atoms with Gasteiger partial charge in [-0.1, -0.05) is 0 Å². The average molecular weight is 308 g/mol. The molecule has 8 heteroatoms. The topological polar surface area (TPSA) is 83.5 Å². The molecule has 1 N–H and O–H groups in total. The Kier molecular flexibility index (Phi) is 5.15. The summed E-state index contributed by atoms with van der Waals surface area (Å²) in [6.07, 6.45) is 1.56. The van der Waals surface area contributed by atoms with Crippen LogP contribution in [0.3, 0.4) is 0 Å². The highest BCUT2D eigenvalue weighted by Gasteiger charge is 2.58. The number of ether oxygens (including phenoxy) is 4. The summed E-state index contributed by atoms with van der Waals surface area (Å²) in [5.74, 6) is -5.31. The maximum atomic E-state index is 12.5. The van der Waals surface area contributed by atoms with Gasteiger partial charge in [0.1, 0.15) is 6.10 Å². The van der Waals surface area contributed by atoms with Crippen molar-refractivity contribution in [2.75, 3.05) is 13.7 Å². The molecule has 0 bridgehead atoms. The van der Waals surface area contributed by atoms with Crippen LogP contribution in [0.15, 0.2) is 0 Å². The molecule has 3 atom stereocenters. The molecule has 0 amide bonds. The van der Waals surface area contributed by atoms with Gasteiger partial charge in [-0.3, -0.25) is 4.74 Å². The summed E-state index contributed by atoms with van der Waals surface area (Å²) in [5, 5.41) is 10.1. The van der Waals surface area contributed by atoms with Crippen LogP contribution in [0.2, 0.25) is 0 Å². The third-order valence-corrected chi connectivity index (χ3v) is 3.66. The van der Waals surface area contributed by atoms with Crippen molar-refractivity contribution in [2.24, 2.45) is 0 Å². The standard InChI is InChI=1S/C13H21FO7/c1-3-18-13(11(16)20-14,19-9-6-7-9)21-12(17-2)8-4-5-10(12)15/h9-10,15H,3-8H2,1-2H3. The van der Waals surface area contributed by atoms with Crippen molar-refractivity contribution in [2.45, 2.75) is 63.0 Å². The van der Waals surface area contributed by atoms with Gasteiger partial charge in [0.2, 0.25) is 0 Å². The molecule has 0 heterocycles. The number of methoxy groups -OCH3 is 1. The molecule has 122 valence electrons. The van der Waals surface area contributed by atoms with E-state index in [1.54, 1.807) is 6.92 Å². The monoisotopic (exact) mass is 308 g/mol. The normalized spacial score (nSPS) is 31.9. The number of rotatable bonds is 8. The molecule has 0 aromatic heterocycles. The summed E-state index contributed by atoms with van der Waals surface area (Å²) in [6, 6.07) is 0. The summed E-state index contributed by atoms with van der Waals surface area (Å²) < 4.78 is 33.9. The lowest BCUT2D eigenvalue weighted by Crippen LogP contribution is -2.57. The molecule has 0 aliphatic heterocycles. The van der Waals surface area contributed by atoms with Crippen molar-refractivity contribution >= 4 is 5.97 Å². The second kappa shape index (κ2) is 6.53. The second-order valence-electron chi connectivity index (χ2n) is 5.20. The van der Waals surface area contributed by atoms with Crippen LogP contribution >= 0.6 is 0 Å². The molecular weight excluding hydrogens is 287 g/mol. The molecule has 0 radical (unpaired) electrons. The van der Waals surface area contributed by atoms with Gasteiger partial charge in [0.05, 0.1) is 12.7 Å². The Hall–Kier alpha value is -0.800. The van der Waals surface area contributed by atoms with Gasteiger partial charge in [0.25, 0.3) is 0 Å². The fourth-order valence-corrected chi connectivity index (χ4v) is 2.43. The summed E-state index contributed by atoms with van der Waals surface area (Å²) in [6.45, 7) is 1.63. The number of hydrogen-bond acceptors (Lipinski definition) is 7. The first-order valence-corrected chi connectivity index (χ1v) is 7.10. The number of carbonyl (C=O) groups is 1. The van der Waals surface area contributed by atoms with Gasteiger partial charge in [-0.25, -0.2) is 9.74 Å². The van der Waals surface area contributed by atoms with E-state index in [1.807, 2.05) is 0 Å². The summed E-state index contributed by atoms with van der Waals surface area (Å²) in [4.78, 5) is 15.1. The SMILES string of the molecule is CCOC(OC1CC1)(OC1(OC)CCCC1O)C(=O)OF. The summed E-state index contributed by atoms with van der Waals surface area (Å²) in [7, 11) is 1.34. The highest BCUT2D eigenvalue weighted by Crippen LogP contribution is 2.41. The molecule has 0 aromatic carbocycles. The van der Waals surface area contributed by atoms with Crippen molar-refractivity contribution in [3.8, 4) is 0 Å². The van der Waals surface area contributed by atoms with Gasteiger partial charge in [-0.15, -0.1) is 0 Å². The molecular formula is C13H21FO7. The van der Waals surface area contributed by atoms with Crippen molar-refractivity contribution < 1.29 is 38.3 Å². The first-order valence-electron chi connectivity index (χ1n) is 7.10. The number of hydrogen-bond donors (Lipinski definition) is 1. The quantitative estimate of drug-likeness (QED) is 0.674. The van der Waals surface area contributed by atoms with Gasteiger partial charge in [0, 0.05) is 18.1 Å². The van der Waals surface area contributed by atoms with Gasteiger partial charge in [0.15, 0.2) is 5.79 Å². The van der Waals surface area contributed by atoms with Crippen LogP contribution in [-0.2, 0) is 28.7 Å². The van der Waals surface area contributed by atoms with Crippen molar-refractivity contribution in [1.82, 2.24) is 0 Å². The van der Waals surface area contributed by atoms with Crippen molar-refractivity contribution in [3.63, 3.8) is 0 Å². The second-order valence-corrected chi connectivity index (χ2v) is 5.20. The molecule has 21 heavy (non-hydrogen) atoms. The van der Waals surface area contributed by atoms with E-state index < -0.39 is 23.8 Å².